The lowest BCUT2D eigenvalue weighted by molar-refractivity contribution is -0.000691. The second-order valence-electron chi connectivity index (χ2n) is 3.55. The third-order valence-corrected chi connectivity index (χ3v) is 2.65. The van der Waals surface area contributed by atoms with Crippen LogP contribution < -0.4 is 5.32 Å². The summed E-state index contributed by atoms with van der Waals surface area (Å²) in [6.07, 6.45) is 2.32. The van der Waals surface area contributed by atoms with Crippen molar-refractivity contribution in [2.45, 2.75) is 45.2 Å². The fourth-order valence-electron chi connectivity index (χ4n) is 1.70. The molecule has 0 saturated carbocycles. The Kier molecular flexibility index (Phi) is 2.90. The van der Waals surface area contributed by atoms with E-state index in [1.165, 1.54) is 0 Å². The molecule has 0 aromatic heterocycles. The van der Waals surface area contributed by atoms with Gasteiger partial charge >= 0.3 is 0 Å². The van der Waals surface area contributed by atoms with E-state index in [0.717, 1.165) is 26.1 Å². The maximum Gasteiger partial charge on any atom is 0.0648 e. The van der Waals surface area contributed by atoms with Gasteiger partial charge in [0.15, 0.2) is 0 Å². The van der Waals surface area contributed by atoms with Crippen molar-refractivity contribution in [3.8, 4) is 0 Å². The monoisotopic (exact) mass is 157 g/mol. The van der Waals surface area contributed by atoms with Crippen molar-refractivity contribution >= 4 is 0 Å². The topological polar surface area (TPSA) is 21.3 Å². The molecule has 1 saturated heterocycles. The normalized spacial score (nSPS) is 30.3. The average Bonchev–Trinajstić information content (AvgIpc) is 2.04. The van der Waals surface area contributed by atoms with Crippen molar-refractivity contribution in [3.63, 3.8) is 0 Å². The number of ether oxygens (including phenoxy) is 1. The van der Waals surface area contributed by atoms with Gasteiger partial charge in [-0.25, -0.2) is 0 Å². The molecule has 11 heavy (non-hydrogen) atoms. The molecule has 1 N–H and O–H groups in total. The standard InChI is InChI=1S/C9H19NO/c1-4-9(5-2)7-11-6-8(3)10-9/h8,10H,4-7H2,1-3H3. The van der Waals surface area contributed by atoms with E-state index in [9.17, 15) is 0 Å². The van der Waals surface area contributed by atoms with Gasteiger partial charge in [-0.2, -0.15) is 0 Å². The molecule has 0 bridgehead atoms. The summed E-state index contributed by atoms with van der Waals surface area (Å²) in [5, 5.41) is 3.60. The number of nitrogens with one attached hydrogen (secondary N) is 1. The maximum absolute atomic E-state index is 5.52. The Morgan fingerprint density at radius 2 is 2.09 bits per heavy atom. The molecule has 1 aliphatic rings. The highest BCUT2D eigenvalue weighted by Gasteiger charge is 2.31. The molecule has 1 aliphatic heterocycles. The molecule has 2 heteroatoms. The summed E-state index contributed by atoms with van der Waals surface area (Å²) < 4.78 is 5.52. The summed E-state index contributed by atoms with van der Waals surface area (Å²) in [4.78, 5) is 0. The van der Waals surface area contributed by atoms with E-state index in [-0.39, 0.29) is 5.54 Å². The molecule has 1 heterocycles. The zero-order valence-electron chi connectivity index (χ0n) is 7.81. The van der Waals surface area contributed by atoms with E-state index in [1.54, 1.807) is 0 Å². The van der Waals surface area contributed by atoms with Crippen molar-refractivity contribution in [2.24, 2.45) is 0 Å². The fraction of sp³-hybridized carbons (Fsp3) is 1.00. The van der Waals surface area contributed by atoms with Crippen LogP contribution in [0.2, 0.25) is 0 Å². The first-order valence-corrected chi connectivity index (χ1v) is 4.58. The minimum atomic E-state index is 0.262. The van der Waals surface area contributed by atoms with Gasteiger partial charge in [0.05, 0.1) is 13.2 Å². The van der Waals surface area contributed by atoms with Crippen LogP contribution in [0.1, 0.15) is 33.6 Å². The first kappa shape index (κ1) is 9.01. The van der Waals surface area contributed by atoms with Crippen molar-refractivity contribution in [1.82, 2.24) is 5.32 Å². The zero-order chi connectivity index (χ0) is 8.32. The second kappa shape index (κ2) is 3.55. The molecule has 1 fully saturated rings. The van der Waals surface area contributed by atoms with Gasteiger partial charge in [-0.05, 0) is 19.8 Å². The van der Waals surface area contributed by atoms with Gasteiger partial charge in [-0.15, -0.1) is 0 Å². The van der Waals surface area contributed by atoms with Gasteiger partial charge in [-0.3, -0.25) is 0 Å². The molecule has 0 aliphatic carbocycles. The molecule has 0 radical (unpaired) electrons. The summed E-state index contributed by atoms with van der Waals surface area (Å²) in [5.41, 5.74) is 0.262. The molecule has 1 rings (SSSR count). The van der Waals surface area contributed by atoms with E-state index >= 15 is 0 Å². The van der Waals surface area contributed by atoms with Crippen LogP contribution in [-0.4, -0.2) is 24.8 Å². The number of hydrogen-bond acceptors (Lipinski definition) is 2. The highest BCUT2D eigenvalue weighted by molar-refractivity contribution is 4.90. The Morgan fingerprint density at radius 1 is 1.45 bits per heavy atom. The first-order chi connectivity index (χ1) is 5.22. The molecule has 0 aromatic carbocycles. The van der Waals surface area contributed by atoms with Crippen molar-refractivity contribution in [3.05, 3.63) is 0 Å². The SMILES string of the molecule is CCC1(CC)COCC(C)N1. The lowest BCUT2D eigenvalue weighted by atomic mass is 9.92. The maximum atomic E-state index is 5.52. The Hall–Kier alpha value is -0.0800. The quantitative estimate of drug-likeness (QED) is 0.656. The van der Waals surface area contributed by atoms with Crippen LogP contribution in [-0.2, 0) is 4.74 Å². The van der Waals surface area contributed by atoms with E-state index in [0.29, 0.717) is 6.04 Å². The molecule has 2 nitrogen and oxygen atoms in total. The highest BCUT2D eigenvalue weighted by atomic mass is 16.5. The van der Waals surface area contributed by atoms with Crippen LogP contribution >= 0.6 is 0 Å². The van der Waals surface area contributed by atoms with E-state index in [4.69, 9.17) is 4.74 Å². The minimum Gasteiger partial charge on any atom is -0.378 e. The van der Waals surface area contributed by atoms with Gasteiger partial charge in [-0.1, -0.05) is 13.8 Å². The molecule has 1 unspecified atom stereocenters. The van der Waals surface area contributed by atoms with Crippen LogP contribution in [0.4, 0.5) is 0 Å². The van der Waals surface area contributed by atoms with Crippen LogP contribution in [0.3, 0.4) is 0 Å². The van der Waals surface area contributed by atoms with Gasteiger partial charge in [0, 0.05) is 11.6 Å². The number of hydrogen-bond donors (Lipinski definition) is 1. The molecule has 66 valence electrons. The lowest BCUT2D eigenvalue weighted by Crippen LogP contribution is -2.57. The lowest BCUT2D eigenvalue weighted by Gasteiger charge is -2.40. The Bertz CT molecular complexity index is 121. The minimum absolute atomic E-state index is 0.262. The van der Waals surface area contributed by atoms with Crippen LogP contribution in [0.5, 0.6) is 0 Å². The van der Waals surface area contributed by atoms with E-state index in [2.05, 4.69) is 26.1 Å². The number of rotatable bonds is 2. The number of morpholine rings is 1. The zero-order valence-corrected chi connectivity index (χ0v) is 7.81. The molecule has 0 aromatic rings. The first-order valence-electron chi connectivity index (χ1n) is 4.58. The van der Waals surface area contributed by atoms with E-state index in [1.807, 2.05) is 0 Å². The van der Waals surface area contributed by atoms with Gasteiger partial charge in [0.25, 0.3) is 0 Å². The Labute approximate surface area is 69.3 Å². The Morgan fingerprint density at radius 3 is 2.45 bits per heavy atom. The van der Waals surface area contributed by atoms with E-state index < -0.39 is 0 Å². The predicted molar refractivity (Wildman–Crippen MR) is 46.7 cm³/mol. The summed E-state index contributed by atoms with van der Waals surface area (Å²) in [5.74, 6) is 0. The van der Waals surface area contributed by atoms with Gasteiger partial charge in [0.1, 0.15) is 0 Å². The third kappa shape index (κ3) is 1.94. The largest absolute Gasteiger partial charge is 0.378 e. The van der Waals surface area contributed by atoms with Crippen LogP contribution in [0.25, 0.3) is 0 Å². The fourth-order valence-corrected chi connectivity index (χ4v) is 1.70. The third-order valence-electron chi connectivity index (χ3n) is 2.65. The molecule has 1 atom stereocenters. The molecular formula is C9H19NO. The van der Waals surface area contributed by atoms with Crippen LogP contribution in [0.15, 0.2) is 0 Å². The molecule has 0 amide bonds. The van der Waals surface area contributed by atoms with Crippen molar-refractivity contribution in [1.29, 1.82) is 0 Å². The molecule has 0 spiro atoms. The van der Waals surface area contributed by atoms with Crippen molar-refractivity contribution in [2.75, 3.05) is 13.2 Å². The smallest absolute Gasteiger partial charge is 0.0648 e. The highest BCUT2D eigenvalue weighted by Crippen LogP contribution is 2.19. The second-order valence-corrected chi connectivity index (χ2v) is 3.55. The molecular weight excluding hydrogens is 138 g/mol. The van der Waals surface area contributed by atoms with Crippen molar-refractivity contribution < 1.29 is 4.74 Å². The summed E-state index contributed by atoms with van der Waals surface area (Å²) in [7, 11) is 0. The average molecular weight is 157 g/mol. The van der Waals surface area contributed by atoms with Crippen LogP contribution in [0, 0.1) is 0 Å². The Balaban J connectivity index is 2.52. The van der Waals surface area contributed by atoms with Gasteiger partial charge < -0.3 is 10.1 Å². The summed E-state index contributed by atoms with van der Waals surface area (Å²) in [6, 6.07) is 0.517. The summed E-state index contributed by atoms with van der Waals surface area (Å²) in [6.45, 7) is 8.36. The predicted octanol–water partition coefficient (Wildman–Crippen LogP) is 1.55. The summed E-state index contributed by atoms with van der Waals surface area (Å²) >= 11 is 0. The van der Waals surface area contributed by atoms with Gasteiger partial charge in [0.2, 0.25) is 0 Å².